The summed E-state index contributed by atoms with van der Waals surface area (Å²) < 4.78 is 18.1. The lowest BCUT2D eigenvalue weighted by Crippen LogP contribution is -2.06. The molecule has 0 aliphatic carbocycles. The summed E-state index contributed by atoms with van der Waals surface area (Å²) in [6, 6.07) is 8.87. The first-order valence-corrected chi connectivity index (χ1v) is 7.97. The largest absolute Gasteiger partial charge is 0.370 e. The van der Waals surface area contributed by atoms with Crippen LogP contribution in [0.1, 0.15) is 18.0 Å². The molecule has 0 saturated heterocycles. The molecule has 0 aliphatic heterocycles. The quantitative estimate of drug-likeness (QED) is 0.391. The van der Waals surface area contributed by atoms with E-state index >= 15 is 0 Å². The van der Waals surface area contributed by atoms with E-state index in [-0.39, 0.29) is 11.5 Å². The number of halogens is 1. The standard InChI is InChI=1S/C17H16FN5O3/c1-11-14(23(24)25)8-9-15(20-11)19-10-2-3-16-21-17(22-26-16)12-4-6-13(18)7-5-12/h4-9H,2-3,10H2,1H3,(H,19,20). The molecule has 0 atom stereocenters. The van der Waals surface area contributed by atoms with Crippen molar-refractivity contribution in [1.29, 1.82) is 0 Å². The monoisotopic (exact) mass is 357 g/mol. The molecule has 1 aromatic carbocycles. The Morgan fingerprint density at radius 1 is 1.19 bits per heavy atom. The molecule has 0 aliphatic rings. The zero-order chi connectivity index (χ0) is 18.5. The van der Waals surface area contributed by atoms with E-state index in [1.807, 2.05) is 0 Å². The number of hydrogen-bond donors (Lipinski definition) is 1. The number of aryl methyl sites for hydroxylation is 2. The molecule has 3 aromatic rings. The van der Waals surface area contributed by atoms with Crippen molar-refractivity contribution in [2.45, 2.75) is 19.8 Å². The molecule has 0 saturated carbocycles. The molecule has 8 nitrogen and oxygen atoms in total. The van der Waals surface area contributed by atoms with Crippen molar-refractivity contribution in [2.24, 2.45) is 0 Å². The van der Waals surface area contributed by atoms with E-state index in [0.29, 0.717) is 48.2 Å². The van der Waals surface area contributed by atoms with Crippen molar-refractivity contribution in [3.8, 4) is 11.4 Å². The topological polar surface area (TPSA) is 107 Å². The van der Waals surface area contributed by atoms with Gasteiger partial charge in [0.25, 0.3) is 5.69 Å². The van der Waals surface area contributed by atoms with Crippen molar-refractivity contribution in [1.82, 2.24) is 15.1 Å². The highest BCUT2D eigenvalue weighted by molar-refractivity contribution is 5.53. The summed E-state index contributed by atoms with van der Waals surface area (Å²) in [7, 11) is 0. The highest BCUT2D eigenvalue weighted by Crippen LogP contribution is 2.18. The Bertz CT molecular complexity index is 911. The normalized spacial score (nSPS) is 10.7. The molecule has 0 spiro atoms. The van der Waals surface area contributed by atoms with Gasteiger partial charge in [-0.05, 0) is 43.7 Å². The Kier molecular flexibility index (Phi) is 5.16. The van der Waals surface area contributed by atoms with Crippen LogP contribution in [0.3, 0.4) is 0 Å². The molecule has 0 fully saturated rings. The van der Waals surface area contributed by atoms with Gasteiger partial charge in [0.05, 0.1) is 4.92 Å². The fourth-order valence-electron chi connectivity index (χ4n) is 2.37. The predicted molar refractivity (Wildman–Crippen MR) is 92.1 cm³/mol. The molecule has 0 amide bonds. The average Bonchev–Trinajstić information content (AvgIpc) is 3.08. The van der Waals surface area contributed by atoms with E-state index in [1.165, 1.54) is 18.2 Å². The molecule has 0 bridgehead atoms. The minimum atomic E-state index is -0.458. The lowest BCUT2D eigenvalue weighted by atomic mass is 10.2. The molecule has 9 heteroatoms. The molecule has 0 radical (unpaired) electrons. The maximum Gasteiger partial charge on any atom is 0.290 e. The van der Waals surface area contributed by atoms with Gasteiger partial charge in [-0.15, -0.1) is 0 Å². The van der Waals surface area contributed by atoms with Crippen molar-refractivity contribution in [3.63, 3.8) is 0 Å². The number of pyridine rings is 1. The second kappa shape index (κ2) is 7.68. The molecule has 1 N–H and O–H groups in total. The number of rotatable bonds is 7. The minimum Gasteiger partial charge on any atom is -0.370 e. The van der Waals surface area contributed by atoms with Crippen LogP contribution in [0, 0.1) is 22.9 Å². The Labute approximate surface area is 148 Å². The van der Waals surface area contributed by atoms with Gasteiger partial charge in [0, 0.05) is 24.6 Å². The first-order valence-electron chi connectivity index (χ1n) is 7.97. The zero-order valence-electron chi connectivity index (χ0n) is 14.0. The summed E-state index contributed by atoms with van der Waals surface area (Å²) in [5.74, 6) is 1.16. The Morgan fingerprint density at radius 3 is 2.65 bits per heavy atom. The fraction of sp³-hybridized carbons (Fsp3) is 0.235. The van der Waals surface area contributed by atoms with Crippen LogP contribution in [0.25, 0.3) is 11.4 Å². The van der Waals surface area contributed by atoms with Crippen LogP contribution < -0.4 is 5.32 Å². The van der Waals surface area contributed by atoms with E-state index in [4.69, 9.17) is 4.52 Å². The maximum atomic E-state index is 12.9. The maximum absolute atomic E-state index is 12.9. The first-order chi connectivity index (χ1) is 12.5. The number of anilines is 1. The van der Waals surface area contributed by atoms with E-state index < -0.39 is 4.92 Å². The van der Waals surface area contributed by atoms with Gasteiger partial charge in [-0.25, -0.2) is 9.37 Å². The van der Waals surface area contributed by atoms with Crippen molar-refractivity contribution in [3.05, 3.63) is 63.9 Å². The minimum absolute atomic E-state index is 0.00488. The lowest BCUT2D eigenvalue weighted by Gasteiger charge is -2.05. The number of nitro groups is 1. The third-order valence-corrected chi connectivity index (χ3v) is 3.70. The Balaban J connectivity index is 1.50. The van der Waals surface area contributed by atoms with E-state index in [1.54, 1.807) is 25.1 Å². The number of nitrogens with zero attached hydrogens (tertiary/aromatic N) is 4. The number of nitrogens with one attached hydrogen (secondary N) is 1. The molecule has 2 aromatic heterocycles. The van der Waals surface area contributed by atoms with Crippen molar-refractivity contribution < 1.29 is 13.8 Å². The lowest BCUT2D eigenvalue weighted by molar-refractivity contribution is -0.385. The van der Waals surface area contributed by atoms with E-state index in [0.717, 1.165) is 0 Å². The van der Waals surface area contributed by atoms with Gasteiger partial charge in [0.2, 0.25) is 11.7 Å². The number of aromatic nitrogens is 3. The van der Waals surface area contributed by atoms with Crippen LogP contribution >= 0.6 is 0 Å². The summed E-state index contributed by atoms with van der Waals surface area (Å²) in [6.45, 7) is 2.19. The van der Waals surface area contributed by atoms with E-state index in [2.05, 4.69) is 20.4 Å². The summed E-state index contributed by atoms with van der Waals surface area (Å²) >= 11 is 0. The van der Waals surface area contributed by atoms with Crippen LogP contribution in [0.4, 0.5) is 15.9 Å². The second-order valence-corrected chi connectivity index (χ2v) is 5.61. The number of hydrogen-bond acceptors (Lipinski definition) is 7. The number of benzene rings is 1. The summed E-state index contributed by atoms with van der Waals surface area (Å²) in [5, 5.41) is 17.8. The van der Waals surface area contributed by atoms with E-state index in [9.17, 15) is 14.5 Å². The van der Waals surface area contributed by atoms with Gasteiger partial charge in [0.15, 0.2) is 0 Å². The van der Waals surface area contributed by atoms with Gasteiger partial charge < -0.3 is 9.84 Å². The molecular weight excluding hydrogens is 341 g/mol. The Hall–Kier alpha value is -3.36. The highest BCUT2D eigenvalue weighted by Gasteiger charge is 2.12. The first kappa shape index (κ1) is 17.5. The van der Waals surface area contributed by atoms with Gasteiger partial charge >= 0.3 is 0 Å². The molecular formula is C17H16FN5O3. The summed E-state index contributed by atoms with van der Waals surface area (Å²) in [4.78, 5) is 18.8. The van der Waals surface area contributed by atoms with Crippen molar-refractivity contribution >= 4 is 11.5 Å². The molecule has 26 heavy (non-hydrogen) atoms. The molecule has 3 rings (SSSR count). The van der Waals surface area contributed by atoms with Gasteiger partial charge in [-0.1, -0.05) is 5.16 Å². The third-order valence-electron chi connectivity index (χ3n) is 3.70. The molecule has 134 valence electrons. The van der Waals surface area contributed by atoms with Crippen LogP contribution in [0.15, 0.2) is 40.9 Å². The Morgan fingerprint density at radius 2 is 1.96 bits per heavy atom. The molecule has 2 heterocycles. The smallest absolute Gasteiger partial charge is 0.290 e. The summed E-state index contributed by atoms with van der Waals surface area (Å²) in [5.41, 5.74) is 1.04. The van der Waals surface area contributed by atoms with Crippen LogP contribution in [0.5, 0.6) is 0 Å². The molecule has 0 unspecified atom stereocenters. The van der Waals surface area contributed by atoms with Gasteiger partial charge in [-0.2, -0.15) is 4.98 Å². The van der Waals surface area contributed by atoms with Crippen LogP contribution in [-0.2, 0) is 6.42 Å². The zero-order valence-corrected chi connectivity index (χ0v) is 14.0. The predicted octanol–water partition coefficient (Wildman–Crippen LogP) is 3.53. The summed E-state index contributed by atoms with van der Waals surface area (Å²) in [6.07, 6.45) is 1.27. The van der Waals surface area contributed by atoms with Crippen molar-refractivity contribution in [2.75, 3.05) is 11.9 Å². The third kappa shape index (κ3) is 4.18. The van der Waals surface area contributed by atoms with Gasteiger partial charge in [-0.3, -0.25) is 10.1 Å². The van der Waals surface area contributed by atoms with Crippen LogP contribution in [-0.4, -0.2) is 26.6 Å². The average molecular weight is 357 g/mol. The SMILES string of the molecule is Cc1nc(NCCCc2nc(-c3ccc(F)cc3)no2)ccc1[N+](=O)[O-]. The second-order valence-electron chi connectivity index (χ2n) is 5.61. The van der Waals surface area contributed by atoms with Gasteiger partial charge in [0.1, 0.15) is 17.3 Å². The fourth-order valence-corrected chi connectivity index (χ4v) is 2.37. The van der Waals surface area contributed by atoms with Crippen LogP contribution in [0.2, 0.25) is 0 Å². The highest BCUT2D eigenvalue weighted by atomic mass is 19.1.